The molecule has 2 fully saturated rings. The summed E-state index contributed by atoms with van der Waals surface area (Å²) < 4.78 is 0. The summed E-state index contributed by atoms with van der Waals surface area (Å²) >= 11 is 0. The van der Waals surface area contributed by atoms with Gasteiger partial charge < -0.3 is 10.2 Å². The molecule has 0 aromatic carbocycles. The van der Waals surface area contributed by atoms with E-state index in [1.54, 1.807) is 4.90 Å². The topological polar surface area (TPSA) is 49.4 Å². The third-order valence-corrected chi connectivity index (χ3v) is 2.97. The Kier molecular flexibility index (Phi) is 2.44. The second-order valence-corrected chi connectivity index (χ2v) is 4.33. The molecule has 1 saturated heterocycles. The number of rotatable bonds is 3. The van der Waals surface area contributed by atoms with Gasteiger partial charge in [0.05, 0.1) is 13.1 Å². The van der Waals surface area contributed by atoms with E-state index in [1.807, 2.05) is 6.92 Å². The molecule has 0 bridgehead atoms. The molecule has 2 rings (SSSR count). The average molecular weight is 196 g/mol. The van der Waals surface area contributed by atoms with Crippen molar-refractivity contribution in [2.45, 2.75) is 32.2 Å². The van der Waals surface area contributed by atoms with Gasteiger partial charge in [-0.3, -0.25) is 9.59 Å². The standard InChI is InChI=1S/C10H16N2O2/c1-7(4-8-2-3-8)12-6-9(13)11-5-10(12)14/h7-8H,2-6H2,1H3,(H,11,13). The van der Waals surface area contributed by atoms with Gasteiger partial charge >= 0.3 is 0 Å². The van der Waals surface area contributed by atoms with Crippen LogP contribution < -0.4 is 5.32 Å². The Balaban J connectivity index is 1.91. The summed E-state index contributed by atoms with van der Waals surface area (Å²) in [5, 5.41) is 2.56. The third kappa shape index (κ3) is 2.05. The first-order valence-corrected chi connectivity index (χ1v) is 5.23. The second-order valence-electron chi connectivity index (χ2n) is 4.33. The van der Waals surface area contributed by atoms with Gasteiger partial charge in [0.15, 0.2) is 0 Å². The second kappa shape index (κ2) is 3.59. The van der Waals surface area contributed by atoms with Crippen LogP contribution in [-0.4, -0.2) is 35.8 Å². The molecule has 1 atom stereocenters. The van der Waals surface area contributed by atoms with Crippen LogP contribution in [0.15, 0.2) is 0 Å². The van der Waals surface area contributed by atoms with E-state index in [4.69, 9.17) is 0 Å². The zero-order valence-electron chi connectivity index (χ0n) is 8.45. The largest absolute Gasteiger partial charge is 0.345 e. The molecule has 0 aromatic heterocycles. The first kappa shape index (κ1) is 9.49. The van der Waals surface area contributed by atoms with Gasteiger partial charge in [0.25, 0.3) is 0 Å². The number of amides is 2. The SMILES string of the molecule is CC(CC1CC1)N1CC(=O)NCC1=O. The first-order chi connectivity index (χ1) is 6.66. The predicted octanol–water partition coefficient (Wildman–Crippen LogP) is 0.133. The van der Waals surface area contributed by atoms with E-state index in [-0.39, 0.29) is 30.9 Å². The molecule has 1 heterocycles. The van der Waals surface area contributed by atoms with Crippen LogP contribution in [0.3, 0.4) is 0 Å². The number of nitrogens with one attached hydrogen (secondary N) is 1. The van der Waals surface area contributed by atoms with E-state index in [1.165, 1.54) is 12.8 Å². The van der Waals surface area contributed by atoms with E-state index < -0.39 is 0 Å². The van der Waals surface area contributed by atoms with Crippen LogP contribution >= 0.6 is 0 Å². The first-order valence-electron chi connectivity index (χ1n) is 5.23. The fourth-order valence-corrected chi connectivity index (χ4v) is 1.94. The quantitative estimate of drug-likeness (QED) is 0.697. The molecule has 78 valence electrons. The molecule has 0 spiro atoms. The van der Waals surface area contributed by atoms with E-state index in [0.29, 0.717) is 0 Å². The van der Waals surface area contributed by atoms with Crippen LogP contribution in [0, 0.1) is 5.92 Å². The number of carbonyl (C=O) groups excluding carboxylic acids is 2. The highest BCUT2D eigenvalue weighted by molar-refractivity contribution is 5.92. The van der Waals surface area contributed by atoms with Crippen LogP contribution in [-0.2, 0) is 9.59 Å². The van der Waals surface area contributed by atoms with Crippen molar-refractivity contribution in [1.82, 2.24) is 10.2 Å². The van der Waals surface area contributed by atoms with Gasteiger partial charge in [-0.2, -0.15) is 0 Å². The number of piperazine rings is 1. The smallest absolute Gasteiger partial charge is 0.242 e. The van der Waals surface area contributed by atoms with Gasteiger partial charge in [-0.25, -0.2) is 0 Å². The van der Waals surface area contributed by atoms with Crippen LogP contribution in [0.4, 0.5) is 0 Å². The lowest BCUT2D eigenvalue weighted by atomic mass is 10.1. The van der Waals surface area contributed by atoms with E-state index in [9.17, 15) is 9.59 Å². The van der Waals surface area contributed by atoms with Crippen molar-refractivity contribution in [3.8, 4) is 0 Å². The van der Waals surface area contributed by atoms with Crippen molar-refractivity contribution < 1.29 is 9.59 Å². The highest BCUT2D eigenvalue weighted by atomic mass is 16.2. The van der Waals surface area contributed by atoms with Crippen LogP contribution in [0.1, 0.15) is 26.2 Å². The zero-order chi connectivity index (χ0) is 10.1. The molecular formula is C10H16N2O2. The summed E-state index contributed by atoms with van der Waals surface area (Å²) in [6.07, 6.45) is 3.64. The van der Waals surface area contributed by atoms with Gasteiger partial charge in [0.2, 0.25) is 11.8 Å². The number of hydrogen-bond donors (Lipinski definition) is 1. The summed E-state index contributed by atoms with van der Waals surface area (Å²) in [6, 6.07) is 0.223. The zero-order valence-corrected chi connectivity index (χ0v) is 8.45. The summed E-state index contributed by atoms with van der Waals surface area (Å²) in [6.45, 7) is 2.45. The van der Waals surface area contributed by atoms with Crippen molar-refractivity contribution >= 4 is 11.8 Å². The minimum atomic E-state index is -0.0350. The summed E-state index contributed by atoms with van der Waals surface area (Å²) in [5.41, 5.74) is 0. The van der Waals surface area contributed by atoms with Gasteiger partial charge in [0, 0.05) is 6.04 Å². The molecule has 2 aliphatic rings. The summed E-state index contributed by atoms with van der Waals surface area (Å²) in [7, 11) is 0. The molecule has 2 amide bonds. The van der Waals surface area contributed by atoms with Crippen molar-refractivity contribution in [3.63, 3.8) is 0 Å². The predicted molar refractivity (Wildman–Crippen MR) is 51.5 cm³/mol. The lowest BCUT2D eigenvalue weighted by Gasteiger charge is -2.32. The van der Waals surface area contributed by atoms with Gasteiger partial charge in [0.1, 0.15) is 0 Å². The number of hydrogen-bond acceptors (Lipinski definition) is 2. The molecule has 4 nitrogen and oxygen atoms in total. The highest BCUT2D eigenvalue weighted by Crippen LogP contribution is 2.34. The normalized spacial score (nSPS) is 24.8. The summed E-state index contributed by atoms with van der Waals surface area (Å²) in [5.74, 6) is 0.813. The van der Waals surface area contributed by atoms with Crippen molar-refractivity contribution in [2.24, 2.45) is 5.92 Å². The monoisotopic (exact) mass is 196 g/mol. The molecule has 0 aromatic rings. The Labute approximate surface area is 83.6 Å². The lowest BCUT2D eigenvalue weighted by Crippen LogP contribution is -2.54. The van der Waals surface area contributed by atoms with E-state index in [0.717, 1.165) is 12.3 Å². The fraction of sp³-hybridized carbons (Fsp3) is 0.800. The molecule has 1 N–H and O–H groups in total. The Morgan fingerprint density at radius 1 is 1.50 bits per heavy atom. The minimum Gasteiger partial charge on any atom is -0.345 e. The highest BCUT2D eigenvalue weighted by Gasteiger charge is 2.31. The minimum absolute atomic E-state index is 0.0350. The van der Waals surface area contributed by atoms with E-state index >= 15 is 0 Å². The van der Waals surface area contributed by atoms with Crippen LogP contribution in [0.5, 0.6) is 0 Å². The van der Waals surface area contributed by atoms with Crippen LogP contribution in [0.25, 0.3) is 0 Å². The van der Waals surface area contributed by atoms with Gasteiger partial charge in [-0.1, -0.05) is 12.8 Å². The van der Waals surface area contributed by atoms with Crippen molar-refractivity contribution in [2.75, 3.05) is 13.1 Å². The number of nitrogens with zero attached hydrogens (tertiary/aromatic N) is 1. The van der Waals surface area contributed by atoms with Crippen molar-refractivity contribution in [1.29, 1.82) is 0 Å². The molecule has 1 saturated carbocycles. The Morgan fingerprint density at radius 3 is 2.86 bits per heavy atom. The lowest BCUT2D eigenvalue weighted by molar-refractivity contribution is -0.142. The van der Waals surface area contributed by atoms with Crippen LogP contribution in [0.2, 0.25) is 0 Å². The van der Waals surface area contributed by atoms with Gasteiger partial charge in [-0.05, 0) is 19.3 Å². The van der Waals surface area contributed by atoms with E-state index in [2.05, 4.69) is 5.32 Å². The van der Waals surface area contributed by atoms with Crippen molar-refractivity contribution in [3.05, 3.63) is 0 Å². The Bertz CT molecular complexity index is 261. The average Bonchev–Trinajstić information content (AvgIpc) is 2.93. The molecule has 14 heavy (non-hydrogen) atoms. The molecule has 4 heteroatoms. The molecule has 1 aliphatic heterocycles. The maximum atomic E-state index is 11.5. The molecular weight excluding hydrogens is 180 g/mol. The maximum Gasteiger partial charge on any atom is 0.242 e. The third-order valence-electron chi connectivity index (χ3n) is 2.97. The molecule has 1 unspecified atom stereocenters. The summed E-state index contributed by atoms with van der Waals surface area (Å²) in [4.78, 5) is 24.3. The van der Waals surface area contributed by atoms with Gasteiger partial charge in [-0.15, -0.1) is 0 Å². The molecule has 1 aliphatic carbocycles. The molecule has 0 radical (unpaired) electrons. The number of carbonyl (C=O) groups is 2. The Hall–Kier alpha value is -1.06. The fourth-order valence-electron chi connectivity index (χ4n) is 1.94. The maximum absolute atomic E-state index is 11.5. The Morgan fingerprint density at radius 2 is 2.21 bits per heavy atom.